The smallest absolute Gasteiger partial charge is 0.176 e. The van der Waals surface area contributed by atoms with Crippen LogP contribution in [0.1, 0.15) is 12.2 Å². The maximum atomic E-state index is 5.31. The Hall–Kier alpha value is -1.01. The van der Waals surface area contributed by atoms with Gasteiger partial charge in [0, 0.05) is 26.7 Å². The lowest BCUT2D eigenvalue weighted by Gasteiger charge is -2.00. The van der Waals surface area contributed by atoms with E-state index < -0.39 is 0 Å². The molecule has 74 valence electrons. The summed E-state index contributed by atoms with van der Waals surface area (Å²) in [5, 5.41) is 13.4. The van der Waals surface area contributed by atoms with E-state index in [-0.39, 0.29) is 0 Å². The fourth-order valence-electron chi connectivity index (χ4n) is 0.859. The minimum atomic E-state index is 0.628. The molecular formula is C7H14N4O2. The van der Waals surface area contributed by atoms with E-state index in [0.717, 1.165) is 13.0 Å². The van der Waals surface area contributed by atoms with Crippen LogP contribution >= 0.6 is 0 Å². The molecule has 0 aliphatic carbocycles. The van der Waals surface area contributed by atoms with E-state index in [1.54, 1.807) is 7.11 Å². The topological polar surface area (TPSA) is 72.9 Å². The van der Waals surface area contributed by atoms with Gasteiger partial charge in [0.05, 0.1) is 6.61 Å². The molecule has 1 aromatic rings. The molecule has 0 aliphatic rings. The first-order chi connectivity index (χ1) is 6.43. The molecule has 0 unspecified atom stereocenters. The Balaban J connectivity index is 1.90. The second kappa shape index (κ2) is 6.50. The van der Waals surface area contributed by atoms with Gasteiger partial charge in [0.2, 0.25) is 0 Å². The zero-order chi connectivity index (χ0) is 9.36. The first-order valence-corrected chi connectivity index (χ1v) is 4.22. The van der Waals surface area contributed by atoms with Gasteiger partial charge in [0.15, 0.2) is 5.82 Å². The zero-order valence-electron chi connectivity index (χ0n) is 7.69. The molecule has 0 saturated carbocycles. The zero-order valence-corrected chi connectivity index (χ0v) is 7.69. The maximum absolute atomic E-state index is 5.31. The van der Waals surface area contributed by atoms with E-state index >= 15 is 0 Å². The van der Waals surface area contributed by atoms with Gasteiger partial charge in [-0.1, -0.05) is 5.21 Å². The number of methoxy groups -OCH3 is 1. The second-order valence-electron chi connectivity index (χ2n) is 2.54. The highest BCUT2D eigenvalue weighted by molar-refractivity contribution is 4.74. The third-order valence-corrected chi connectivity index (χ3v) is 1.50. The average Bonchev–Trinajstić information content (AvgIpc) is 2.63. The van der Waals surface area contributed by atoms with Crippen molar-refractivity contribution in [2.45, 2.75) is 12.8 Å². The molecule has 0 fully saturated rings. The molecule has 0 aromatic carbocycles. The van der Waals surface area contributed by atoms with Crippen LogP contribution < -0.4 is 0 Å². The van der Waals surface area contributed by atoms with Crippen LogP contribution in [-0.2, 0) is 15.9 Å². The SMILES string of the molecule is COCCCOCCc1nn[nH]n1. The van der Waals surface area contributed by atoms with Crippen molar-refractivity contribution in [3.05, 3.63) is 5.82 Å². The molecule has 0 amide bonds. The number of H-pyrrole nitrogens is 1. The monoisotopic (exact) mass is 186 g/mol. The highest BCUT2D eigenvalue weighted by atomic mass is 16.5. The molecule has 1 N–H and O–H groups in total. The third-order valence-electron chi connectivity index (χ3n) is 1.50. The van der Waals surface area contributed by atoms with E-state index in [4.69, 9.17) is 9.47 Å². The van der Waals surface area contributed by atoms with Gasteiger partial charge in [-0.3, -0.25) is 0 Å². The molecule has 1 heterocycles. The number of aromatic amines is 1. The number of ether oxygens (including phenoxy) is 2. The van der Waals surface area contributed by atoms with Crippen molar-refractivity contribution >= 4 is 0 Å². The molecule has 0 saturated heterocycles. The van der Waals surface area contributed by atoms with E-state index in [9.17, 15) is 0 Å². The van der Waals surface area contributed by atoms with E-state index in [2.05, 4.69) is 20.6 Å². The van der Waals surface area contributed by atoms with Gasteiger partial charge in [-0.2, -0.15) is 5.21 Å². The normalized spacial score (nSPS) is 10.5. The fraction of sp³-hybridized carbons (Fsp3) is 0.857. The molecule has 0 radical (unpaired) electrons. The Bertz CT molecular complexity index is 202. The summed E-state index contributed by atoms with van der Waals surface area (Å²) in [5.74, 6) is 0.687. The summed E-state index contributed by atoms with van der Waals surface area (Å²) >= 11 is 0. The quantitative estimate of drug-likeness (QED) is 0.597. The van der Waals surface area contributed by atoms with Gasteiger partial charge in [0.25, 0.3) is 0 Å². The van der Waals surface area contributed by atoms with Crippen LogP contribution in [0.3, 0.4) is 0 Å². The highest BCUT2D eigenvalue weighted by Crippen LogP contribution is 1.89. The second-order valence-corrected chi connectivity index (χ2v) is 2.54. The van der Waals surface area contributed by atoms with Crippen molar-refractivity contribution < 1.29 is 9.47 Å². The van der Waals surface area contributed by atoms with Gasteiger partial charge in [0.1, 0.15) is 0 Å². The highest BCUT2D eigenvalue weighted by Gasteiger charge is 1.96. The molecule has 13 heavy (non-hydrogen) atoms. The summed E-state index contributed by atoms with van der Waals surface area (Å²) in [6, 6.07) is 0. The summed E-state index contributed by atoms with van der Waals surface area (Å²) in [6.07, 6.45) is 1.62. The van der Waals surface area contributed by atoms with Crippen molar-refractivity contribution in [1.82, 2.24) is 20.6 Å². The predicted molar refractivity (Wildman–Crippen MR) is 45.2 cm³/mol. The number of hydrogen-bond donors (Lipinski definition) is 1. The Kier molecular flexibility index (Phi) is 5.04. The van der Waals surface area contributed by atoms with E-state index in [0.29, 0.717) is 25.5 Å². The predicted octanol–water partition coefficient (Wildman–Crippen LogP) is -0.205. The molecule has 1 rings (SSSR count). The Morgan fingerprint density at radius 3 is 2.92 bits per heavy atom. The van der Waals surface area contributed by atoms with Crippen LogP contribution in [0.5, 0.6) is 0 Å². The summed E-state index contributed by atoms with van der Waals surface area (Å²) in [5.41, 5.74) is 0. The molecular weight excluding hydrogens is 172 g/mol. The largest absolute Gasteiger partial charge is 0.385 e. The Morgan fingerprint density at radius 2 is 2.23 bits per heavy atom. The van der Waals surface area contributed by atoms with E-state index in [1.807, 2.05) is 0 Å². The fourth-order valence-corrected chi connectivity index (χ4v) is 0.859. The van der Waals surface area contributed by atoms with Crippen molar-refractivity contribution in [2.75, 3.05) is 26.9 Å². The van der Waals surface area contributed by atoms with Crippen molar-refractivity contribution in [1.29, 1.82) is 0 Å². The third kappa shape index (κ3) is 4.54. The number of nitrogens with zero attached hydrogens (tertiary/aromatic N) is 3. The molecule has 0 spiro atoms. The van der Waals surface area contributed by atoms with Gasteiger partial charge in [-0.25, -0.2) is 0 Å². The van der Waals surface area contributed by atoms with Crippen LogP contribution in [0.2, 0.25) is 0 Å². The van der Waals surface area contributed by atoms with Gasteiger partial charge in [-0.05, 0) is 6.42 Å². The molecule has 0 atom stereocenters. The lowest BCUT2D eigenvalue weighted by atomic mass is 10.4. The minimum absolute atomic E-state index is 0.628. The molecule has 6 nitrogen and oxygen atoms in total. The van der Waals surface area contributed by atoms with Gasteiger partial charge < -0.3 is 9.47 Å². The number of aromatic nitrogens is 4. The molecule has 0 aliphatic heterocycles. The molecule has 1 aromatic heterocycles. The summed E-state index contributed by atoms with van der Waals surface area (Å²) in [6.45, 7) is 2.08. The lowest BCUT2D eigenvalue weighted by molar-refractivity contribution is 0.104. The van der Waals surface area contributed by atoms with Crippen molar-refractivity contribution in [2.24, 2.45) is 0 Å². The minimum Gasteiger partial charge on any atom is -0.385 e. The molecule has 0 bridgehead atoms. The first-order valence-electron chi connectivity index (χ1n) is 4.22. The standard InChI is InChI=1S/C7H14N4O2/c1-12-4-2-5-13-6-3-7-8-10-11-9-7/h2-6H2,1H3,(H,8,9,10,11). The number of hydrogen-bond acceptors (Lipinski definition) is 5. The molecule has 6 heteroatoms. The number of rotatable bonds is 7. The summed E-state index contributed by atoms with van der Waals surface area (Å²) < 4.78 is 10.2. The summed E-state index contributed by atoms with van der Waals surface area (Å²) in [7, 11) is 1.68. The van der Waals surface area contributed by atoms with E-state index in [1.165, 1.54) is 0 Å². The lowest BCUT2D eigenvalue weighted by Crippen LogP contribution is -2.03. The first kappa shape index (κ1) is 10.1. The number of nitrogens with one attached hydrogen (secondary N) is 1. The van der Waals surface area contributed by atoms with Gasteiger partial charge in [-0.15, -0.1) is 10.2 Å². The van der Waals surface area contributed by atoms with Crippen LogP contribution in [0, 0.1) is 0 Å². The van der Waals surface area contributed by atoms with Crippen LogP contribution in [0.15, 0.2) is 0 Å². The van der Waals surface area contributed by atoms with Crippen LogP contribution in [0.25, 0.3) is 0 Å². The van der Waals surface area contributed by atoms with Crippen molar-refractivity contribution in [3.63, 3.8) is 0 Å². The Labute approximate surface area is 76.6 Å². The average molecular weight is 186 g/mol. The van der Waals surface area contributed by atoms with Gasteiger partial charge >= 0.3 is 0 Å². The summed E-state index contributed by atoms with van der Waals surface area (Å²) in [4.78, 5) is 0. The van der Waals surface area contributed by atoms with Crippen LogP contribution in [-0.4, -0.2) is 47.6 Å². The Morgan fingerprint density at radius 1 is 1.31 bits per heavy atom. The van der Waals surface area contributed by atoms with Crippen molar-refractivity contribution in [3.8, 4) is 0 Å². The maximum Gasteiger partial charge on any atom is 0.176 e. The van der Waals surface area contributed by atoms with Crippen LogP contribution in [0.4, 0.5) is 0 Å². The number of tetrazole rings is 1.